The Kier molecular flexibility index (Phi) is 4.76. The molecule has 0 bridgehead atoms. The summed E-state index contributed by atoms with van der Waals surface area (Å²) < 4.78 is 0. The molecule has 0 fully saturated rings. The first-order chi connectivity index (χ1) is 7.69. The SMILES string of the molecule is CCCC(CC)Nc1ccncc1C(=O)O. The third kappa shape index (κ3) is 3.22. The Morgan fingerprint density at radius 1 is 1.56 bits per heavy atom. The minimum absolute atomic E-state index is 0.233. The van der Waals surface area contributed by atoms with Crippen LogP contribution in [-0.2, 0) is 0 Å². The van der Waals surface area contributed by atoms with Crippen LogP contribution in [0.25, 0.3) is 0 Å². The lowest BCUT2D eigenvalue weighted by Crippen LogP contribution is -2.19. The van der Waals surface area contributed by atoms with Crippen molar-refractivity contribution >= 4 is 11.7 Å². The summed E-state index contributed by atoms with van der Waals surface area (Å²) in [5.41, 5.74) is 0.889. The van der Waals surface area contributed by atoms with E-state index in [4.69, 9.17) is 5.11 Å². The van der Waals surface area contributed by atoms with Gasteiger partial charge >= 0.3 is 5.97 Å². The molecule has 0 aliphatic heterocycles. The average Bonchev–Trinajstić information content (AvgIpc) is 2.29. The van der Waals surface area contributed by atoms with Gasteiger partial charge in [-0.05, 0) is 18.9 Å². The van der Waals surface area contributed by atoms with Crippen molar-refractivity contribution in [3.8, 4) is 0 Å². The average molecular weight is 222 g/mol. The van der Waals surface area contributed by atoms with E-state index < -0.39 is 5.97 Å². The number of aromatic carboxylic acids is 1. The number of carboxylic acids is 1. The first kappa shape index (κ1) is 12.5. The first-order valence-corrected chi connectivity index (χ1v) is 5.62. The quantitative estimate of drug-likeness (QED) is 0.777. The minimum Gasteiger partial charge on any atom is -0.478 e. The van der Waals surface area contributed by atoms with E-state index in [1.165, 1.54) is 6.20 Å². The highest BCUT2D eigenvalue weighted by Gasteiger charge is 2.12. The highest BCUT2D eigenvalue weighted by molar-refractivity contribution is 5.93. The van der Waals surface area contributed by atoms with Gasteiger partial charge in [-0.15, -0.1) is 0 Å². The molecule has 1 rings (SSSR count). The molecule has 0 saturated carbocycles. The van der Waals surface area contributed by atoms with Crippen LogP contribution in [0, 0.1) is 0 Å². The number of rotatable bonds is 6. The molecule has 1 heterocycles. The van der Waals surface area contributed by atoms with E-state index in [1.807, 2.05) is 0 Å². The zero-order valence-corrected chi connectivity index (χ0v) is 9.73. The molecule has 0 spiro atoms. The summed E-state index contributed by atoms with van der Waals surface area (Å²) in [4.78, 5) is 14.8. The second-order valence-corrected chi connectivity index (χ2v) is 3.76. The van der Waals surface area contributed by atoms with Crippen molar-refractivity contribution in [2.75, 3.05) is 5.32 Å². The number of hydrogen-bond donors (Lipinski definition) is 2. The molecule has 0 aromatic carbocycles. The van der Waals surface area contributed by atoms with E-state index in [-0.39, 0.29) is 5.56 Å². The maximum absolute atomic E-state index is 11.0. The van der Waals surface area contributed by atoms with Gasteiger partial charge in [0.2, 0.25) is 0 Å². The summed E-state index contributed by atoms with van der Waals surface area (Å²) in [6.45, 7) is 4.21. The normalized spacial score (nSPS) is 12.1. The maximum Gasteiger partial charge on any atom is 0.339 e. The molecule has 1 atom stereocenters. The van der Waals surface area contributed by atoms with Crippen molar-refractivity contribution in [3.63, 3.8) is 0 Å². The van der Waals surface area contributed by atoms with Crippen molar-refractivity contribution in [1.29, 1.82) is 0 Å². The Labute approximate surface area is 95.7 Å². The standard InChI is InChI=1S/C12H18N2O2/c1-3-5-9(4-2)14-11-6-7-13-8-10(11)12(15)16/h6-9H,3-5H2,1-2H3,(H,13,14)(H,15,16). The van der Waals surface area contributed by atoms with Crippen LogP contribution in [0.2, 0.25) is 0 Å². The van der Waals surface area contributed by atoms with Crippen molar-refractivity contribution in [2.24, 2.45) is 0 Å². The predicted molar refractivity (Wildman–Crippen MR) is 63.8 cm³/mol. The van der Waals surface area contributed by atoms with Crippen LogP contribution < -0.4 is 5.32 Å². The summed E-state index contributed by atoms with van der Waals surface area (Å²) in [6, 6.07) is 2.03. The second kappa shape index (κ2) is 6.10. The summed E-state index contributed by atoms with van der Waals surface area (Å²) in [5, 5.41) is 12.3. The third-order valence-corrected chi connectivity index (χ3v) is 2.54. The highest BCUT2D eigenvalue weighted by Crippen LogP contribution is 2.17. The zero-order valence-electron chi connectivity index (χ0n) is 9.73. The monoisotopic (exact) mass is 222 g/mol. The molecule has 88 valence electrons. The van der Waals surface area contributed by atoms with Crippen molar-refractivity contribution < 1.29 is 9.90 Å². The maximum atomic E-state index is 11.0. The molecule has 1 unspecified atom stereocenters. The van der Waals surface area contributed by atoms with Gasteiger partial charge in [-0.2, -0.15) is 0 Å². The number of aromatic nitrogens is 1. The Bertz CT molecular complexity index is 353. The Morgan fingerprint density at radius 2 is 2.31 bits per heavy atom. The zero-order chi connectivity index (χ0) is 12.0. The van der Waals surface area contributed by atoms with Crippen LogP contribution in [0.1, 0.15) is 43.5 Å². The highest BCUT2D eigenvalue weighted by atomic mass is 16.4. The summed E-state index contributed by atoms with van der Waals surface area (Å²) in [7, 11) is 0. The third-order valence-electron chi connectivity index (χ3n) is 2.54. The lowest BCUT2D eigenvalue weighted by molar-refractivity contribution is 0.0697. The van der Waals surface area contributed by atoms with Crippen LogP contribution >= 0.6 is 0 Å². The van der Waals surface area contributed by atoms with Gasteiger partial charge in [0.05, 0.1) is 5.69 Å². The summed E-state index contributed by atoms with van der Waals surface area (Å²) in [6.07, 6.45) is 6.09. The molecule has 0 aliphatic carbocycles. The van der Waals surface area contributed by atoms with Gasteiger partial charge in [0.25, 0.3) is 0 Å². The molecule has 0 radical (unpaired) electrons. The minimum atomic E-state index is -0.943. The van der Waals surface area contributed by atoms with E-state index in [9.17, 15) is 4.79 Å². The van der Waals surface area contributed by atoms with Gasteiger partial charge in [0.1, 0.15) is 5.56 Å². The fourth-order valence-electron chi connectivity index (χ4n) is 1.64. The van der Waals surface area contributed by atoms with Crippen LogP contribution in [0.15, 0.2) is 18.5 Å². The van der Waals surface area contributed by atoms with E-state index in [1.54, 1.807) is 12.3 Å². The van der Waals surface area contributed by atoms with Crippen LogP contribution in [0.5, 0.6) is 0 Å². The van der Waals surface area contributed by atoms with Crippen LogP contribution in [-0.4, -0.2) is 22.1 Å². The lowest BCUT2D eigenvalue weighted by Gasteiger charge is -2.18. The van der Waals surface area contributed by atoms with Crippen molar-refractivity contribution in [2.45, 2.75) is 39.2 Å². The number of nitrogens with one attached hydrogen (secondary N) is 1. The Balaban J connectivity index is 2.82. The molecular weight excluding hydrogens is 204 g/mol. The fourth-order valence-corrected chi connectivity index (χ4v) is 1.64. The van der Waals surface area contributed by atoms with E-state index in [2.05, 4.69) is 24.1 Å². The molecule has 16 heavy (non-hydrogen) atoms. The van der Waals surface area contributed by atoms with E-state index in [0.29, 0.717) is 11.7 Å². The number of anilines is 1. The lowest BCUT2D eigenvalue weighted by atomic mass is 10.1. The van der Waals surface area contributed by atoms with Gasteiger partial charge in [-0.3, -0.25) is 4.98 Å². The number of hydrogen-bond acceptors (Lipinski definition) is 3. The van der Waals surface area contributed by atoms with E-state index >= 15 is 0 Å². The molecule has 2 N–H and O–H groups in total. The predicted octanol–water partition coefficient (Wildman–Crippen LogP) is 2.77. The smallest absolute Gasteiger partial charge is 0.339 e. The van der Waals surface area contributed by atoms with Gasteiger partial charge in [-0.1, -0.05) is 20.3 Å². The molecule has 0 amide bonds. The van der Waals surface area contributed by atoms with Gasteiger partial charge < -0.3 is 10.4 Å². The Hall–Kier alpha value is -1.58. The van der Waals surface area contributed by atoms with Crippen LogP contribution in [0.3, 0.4) is 0 Å². The molecular formula is C12H18N2O2. The molecule has 4 heteroatoms. The van der Waals surface area contributed by atoms with Gasteiger partial charge in [-0.25, -0.2) is 4.79 Å². The largest absolute Gasteiger partial charge is 0.478 e. The second-order valence-electron chi connectivity index (χ2n) is 3.76. The van der Waals surface area contributed by atoms with E-state index in [0.717, 1.165) is 19.3 Å². The van der Waals surface area contributed by atoms with Crippen LogP contribution in [0.4, 0.5) is 5.69 Å². The number of pyridine rings is 1. The number of carbonyl (C=O) groups is 1. The topological polar surface area (TPSA) is 62.2 Å². The van der Waals surface area contributed by atoms with Gasteiger partial charge in [0, 0.05) is 18.4 Å². The fraction of sp³-hybridized carbons (Fsp3) is 0.500. The number of carboxylic acid groups (broad SMARTS) is 1. The number of nitrogens with zero attached hydrogens (tertiary/aromatic N) is 1. The molecule has 1 aromatic rings. The van der Waals surface area contributed by atoms with Crippen molar-refractivity contribution in [3.05, 3.63) is 24.0 Å². The van der Waals surface area contributed by atoms with Crippen molar-refractivity contribution in [1.82, 2.24) is 4.98 Å². The summed E-state index contributed by atoms with van der Waals surface area (Å²) >= 11 is 0. The van der Waals surface area contributed by atoms with Gasteiger partial charge in [0.15, 0.2) is 0 Å². The molecule has 0 saturated heterocycles. The molecule has 0 aliphatic rings. The Morgan fingerprint density at radius 3 is 2.88 bits per heavy atom. The first-order valence-electron chi connectivity index (χ1n) is 5.62. The summed E-state index contributed by atoms with van der Waals surface area (Å²) in [5.74, 6) is -0.943. The molecule has 4 nitrogen and oxygen atoms in total. The molecule has 1 aromatic heterocycles.